The molecule has 0 aromatic heterocycles. The van der Waals surface area contributed by atoms with E-state index in [4.69, 9.17) is 10.2 Å². The first-order valence-corrected chi connectivity index (χ1v) is 8.12. The van der Waals surface area contributed by atoms with Gasteiger partial charge in [0.15, 0.2) is 0 Å². The van der Waals surface area contributed by atoms with Crippen LogP contribution in [0.2, 0.25) is 0 Å². The lowest BCUT2D eigenvalue weighted by Crippen LogP contribution is -2.47. The maximum absolute atomic E-state index is 12.2. The minimum absolute atomic E-state index is 0.0291. The van der Waals surface area contributed by atoms with Crippen LogP contribution in [0.25, 0.3) is 0 Å². The number of ketones is 1. The zero-order valence-electron chi connectivity index (χ0n) is 13.4. The molecule has 0 aliphatic carbocycles. The summed E-state index contributed by atoms with van der Waals surface area (Å²) in [6, 6.07) is -1.40. The minimum Gasteiger partial charge on any atom is -0.480 e. The van der Waals surface area contributed by atoms with Crippen molar-refractivity contribution in [2.24, 2.45) is 0 Å². The van der Waals surface area contributed by atoms with Crippen molar-refractivity contribution < 1.29 is 24.6 Å². The predicted octanol–water partition coefficient (Wildman–Crippen LogP) is 1.69. The first-order chi connectivity index (χ1) is 10.6. The molecule has 0 aliphatic heterocycles. The molecular weight excluding hydrogens is 286 g/mol. The van der Waals surface area contributed by atoms with Gasteiger partial charge in [0.05, 0.1) is 6.04 Å². The van der Waals surface area contributed by atoms with Crippen molar-refractivity contribution in [1.82, 2.24) is 5.32 Å². The lowest BCUT2D eigenvalue weighted by molar-refractivity contribution is -0.140. The number of aliphatic hydroxyl groups excluding tert-OH is 1. The van der Waals surface area contributed by atoms with Crippen molar-refractivity contribution in [1.29, 1.82) is 0 Å². The highest BCUT2D eigenvalue weighted by molar-refractivity contribution is 5.85. The van der Waals surface area contributed by atoms with Gasteiger partial charge in [0.25, 0.3) is 0 Å². The molecule has 0 saturated heterocycles. The molecule has 1 unspecified atom stereocenters. The van der Waals surface area contributed by atoms with Gasteiger partial charge in [-0.25, -0.2) is 0 Å². The Kier molecular flexibility index (Phi) is 12.6. The SMILES string of the molecule is CCCCC(=O)C(CCCCCC=O)N[C@@H](CCO)C(=O)O. The molecule has 0 fully saturated rings. The van der Waals surface area contributed by atoms with Crippen molar-refractivity contribution in [3.8, 4) is 0 Å². The van der Waals surface area contributed by atoms with Crippen LogP contribution in [0.5, 0.6) is 0 Å². The number of hydrogen-bond acceptors (Lipinski definition) is 5. The summed E-state index contributed by atoms with van der Waals surface area (Å²) in [5.74, 6) is -1.02. The van der Waals surface area contributed by atoms with E-state index in [1.54, 1.807) is 0 Å². The normalized spacial score (nSPS) is 13.5. The second kappa shape index (κ2) is 13.4. The van der Waals surface area contributed by atoms with E-state index in [9.17, 15) is 14.4 Å². The van der Waals surface area contributed by atoms with Crippen LogP contribution in [-0.2, 0) is 14.4 Å². The van der Waals surface area contributed by atoms with Crippen LogP contribution in [-0.4, -0.2) is 46.9 Å². The lowest BCUT2D eigenvalue weighted by atomic mass is 9.99. The zero-order chi connectivity index (χ0) is 16.8. The summed E-state index contributed by atoms with van der Waals surface area (Å²) in [5.41, 5.74) is 0. The number of nitrogens with one attached hydrogen (secondary N) is 1. The number of carboxylic acid groups (broad SMARTS) is 1. The molecule has 3 N–H and O–H groups in total. The van der Waals surface area contributed by atoms with E-state index in [2.05, 4.69) is 5.32 Å². The zero-order valence-corrected chi connectivity index (χ0v) is 13.4. The number of carbonyl (C=O) groups is 3. The van der Waals surface area contributed by atoms with Crippen LogP contribution in [0.1, 0.15) is 64.7 Å². The smallest absolute Gasteiger partial charge is 0.320 e. The molecule has 22 heavy (non-hydrogen) atoms. The van der Waals surface area contributed by atoms with E-state index in [1.807, 2.05) is 6.92 Å². The van der Waals surface area contributed by atoms with Crippen LogP contribution < -0.4 is 5.32 Å². The predicted molar refractivity (Wildman–Crippen MR) is 83.7 cm³/mol. The molecule has 0 saturated carbocycles. The Morgan fingerprint density at radius 1 is 1.09 bits per heavy atom. The number of unbranched alkanes of at least 4 members (excludes halogenated alkanes) is 4. The van der Waals surface area contributed by atoms with Gasteiger partial charge in [-0.2, -0.15) is 0 Å². The number of Topliss-reactive ketones (excluding diaryl/α,β-unsaturated/α-hetero) is 1. The topological polar surface area (TPSA) is 104 Å². The number of hydrogen-bond donors (Lipinski definition) is 3. The largest absolute Gasteiger partial charge is 0.480 e. The average Bonchev–Trinajstić information content (AvgIpc) is 2.50. The Hall–Kier alpha value is -1.27. The molecule has 2 atom stereocenters. The van der Waals surface area contributed by atoms with Crippen molar-refractivity contribution in [2.75, 3.05) is 6.61 Å². The van der Waals surface area contributed by atoms with Crippen LogP contribution in [0.3, 0.4) is 0 Å². The van der Waals surface area contributed by atoms with Gasteiger partial charge in [-0.15, -0.1) is 0 Å². The number of carbonyl (C=O) groups excluding carboxylic acids is 2. The van der Waals surface area contributed by atoms with Crippen molar-refractivity contribution in [3.05, 3.63) is 0 Å². The Morgan fingerprint density at radius 3 is 2.36 bits per heavy atom. The summed E-state index contributed by atoms with van der Waals surface area (Å²) in [6.07, 6.45) is 6.59. The van der Waals surface area contributed by atoms with E-state index in [0.717, 1.165) is 38.4 Å². The molecule has 0 spiro atoms. The highest BCUT2D eigenvalue weighted by Crippen LogP contribution is 2.11. The molecule has 0 aliphatic rings. The van der Waals surface area contributed by atoms with Crippen LogP contribution in [0.15, 0.2) is 0 Å². The number of rotatable bonds is 15. The van der Waals surface area contributed by atoms with Gasteiger partial charge in [-0.3, -0.25) is 14.9 Å². The Morgan fingerprint density at radius 2 is 1.82 bits per heavy atom. The number of aliphatic carboxylic acids is 1. The maximum Gasteiger partial charge on any atom is 0.320 e. The molecular formula is C16H29NO5. The van der Waals surface area contributed by atoms with Gasteiger partial charge in [0, 0.05) is 19.4 Å². The number of aldehydes is 1. The maximum atomic E-state index is 12.2. The molecule has 0 heterocycles. The fraction of sp³-hybridized carbons (Fsp3) is 0.812. The van der Waals surface area contributed by atoms with Crippen LogP contribution in [0, 0.1) is 0 Å². The highest BCUT2D eigenvalue weighted by Gasteiger charge is 2.24. The van der Waals surface area contributed by atoms with Gasteiger partial charge in [0.1, 0.15) is 18.1 Å². The monoisotopic (exact) mass is 315 g/mol. The lowest BCUT2D eigenvalue weighted by Gasteiger charge is -2.22. The molecule has 6 heteroatoms. The van der Waals surface area contributed by atoms with E-state index in [1.165, 1.54) is 0 Å². The molecule has 0 bridgehead atoms. The average molecular weight is 315 g/mol. The summed E-state index contributed by atoms with van der Waals surface area (Å²) >= 11 is 0. The molecule has 0 radical (unpaired) electrons. The molecule has 0 aromatic rings. The molecule has 0 aromatic carbocycles. The van der Waals surface area contributed by atoms with Crippen molar-refractivity contribution in [2.45, 2.75) is 76.8 Å². The quantitative estimate of drug-likeness (QED) is 0.314. The van der Waals surface area contributed by atoms with E-state index < -0.39 is 18.1 Å². The number of aliphatic hydroxyl groups is 1. The Labute approximate surface area is 132 Å². The highest BCUT2D eigenvalue weighted by atomic mass is 16.4. The first-order valence-electron chi connectivity index (χ1n) is 8.12. The Balaban J connectivity index is 4.51. The molecule has 128 valence electrons. The number of carboxylic acids is 1. The van der Waals surface area contributed by atoms with Gasteiger partial charge in [-0.1, -0.05) is 26.2 Å². The summed E-state index contributed by atoms with van der Waals surface area (Å²) in [7, 11) is 0. The second-order valence-corrected chi connectivity index (χ2v) is 5.50. The van der Waals surface area contributed by atoms with Crippen LogP contribution in [0.4, 0.5) is 0 Å². The van der Waals surface area contributed by atoms with Gasteiger partial charge >= 0.3 is 5.97 Å². The third kappa shape index (κ3) is 9.63. The minimum atomic E-state index is -1.05. The fourth-order valence-corrected chi connectivity index (χ4v) is 2.27. The first kappa shape index (κ1) is 20.7. The summed E-state index contributed by atoms with van der Waals surface area (Å²) in [4.78, 5) is 33.6. The van der Waals surface area contributed by atoms with E-state index >= 15 is 0 Å². The fourth-order valence-electron chi connectivity index (χ4n) is 2.27. The third-order valence-corrected chi connectivity index (χ3v) is 3.60. The van der Waals surface area contributed by atoms with Gasteiger partial charge < -0.3 is 15.0 Å². The molecule has 6 nitrogen and oxygen atoms in total. The van der Waals surface area contributed by atoms with Crippen molar-refractivity contribution >= 4 is 18.0 Å². The molecule has 0 amide bonds. The summed E-state index contributed by atoms with van der Waals surface area (Å²) in [5, 5.41) is 20.9. The standard InChI is InChI=1S/C16H29NO5/c1-2-3-9-15(20)13(8-6-4-5-7-11-18)17-14(10-12-19)16(21)22/h11,13-14,17,19H,2-10,12H2,1H3,(H,21,22)/t13?,14-/m0/s1. The van der Waals surface area contributed by atoms with E-state index in [-0.39, 0.29) is 18.8 Å². The van der Waals surface area contributed by atoms with Gasteiger partial charge in [-0.05, 0) is 25.7 Å². The van der Waals surface area contributed by atoms with Gasteiger partial charge in [0.2, 0.25) is 0 Å². The summed E-state index contributed by atoms with van der Waals surface area (Å²) in [6.45, 7) is 1.76. The second-order valence-electron chi connectivity index (χ2n) is 5.50. The summed E-state index contributed by atoms with van der Waals surface area (Å²) < 4.78 is 0. The van der Waals surface area contributed by atoms with Crippen molar-refractivity contribution in [3.63, 3.8) is 0 Å². The van der Waals surface area contributed by atoms with Crippen LogP contribution >= 0.6 is 0 Å². The Bertz CT molecular complexity index is 332. The third-order valence-electron chi connectivity index (χ3n) is 3.60. The van der Waals surface area contributed by atoms with E-state index in [0.29, 0.717) is 19.3 Å². The molecule has 0 rings (SSSR count).